The molecule has 7 nitrogen and oxygen atoms in total. The van der Waals surface area contributed by atoms with E-state index in [0.717, 1.165) is 23.4 Å². The number of amides is 1. The molecule has 2 heterocycles. The van der Waals surface area contributed by atoms with Gasteiger partial charge in [-0.05, 0) is 41.1 Å². The summed E-state index contributed by atoms with van der Waals surface area (Å²) >= 11 is 1.64. The summed E-state index contributed by atoms with van der Waals surface area (Å²) in [5.74, 6) is 0.534. The molecule has 1 amide bonds. The van der Waals surface area contributed by atoms with Crippen LogP contribution in [0.1, 0.15) is 28.5 Å². The minimum Gasteiger partial charge on any atom is -0.493 e. The maximum Gasteiger partial charge on any atom is 0.218 e. The first-order valence-electron chi connectivity index (χ1n) is 9.35. The predicted molar refractivity (Wildman–Crippen MR) is 113 cm³/mol. The largest absolute Gasteiger partial charge is 0.493 e. The molecule has 0 saturated heterocycles. The molecule has 0 spiro atoms. The third-order valence-corrected chi connectivity index (χ3v) is 7.69. The van der Waals surface area contributed by atoms with Gasteiger partial charge in [0.05, 0.1) is 31.8 Å². The quantitative estimate of drug-likeness (QED) is 0.643. The molecule has 29 heavy (non-hydrogen) atoms. The van der Waals surface area contributed by atoms with Gasteiger partial charge in [0.25, 0.3) is 0 Å². The highest BCUT2D eigenvalue weighted by Gasteiger charge is 2.31. The van der Waals surface area contributed by atoms with Crippen molar-refractivity contribution < 1.29 is 22.7 Å². The number of carbonyl (C=O) groups excluding carboxylic acids is 1. The average Bonchev–Trinajstić information content (AvgIpc) is 3.23. The molecule has 0 radical (unpaired) electrons. The van der Waals surface area contributed by atoms with Crippen LogP contribution in [0.2, 0.25) is 0 Å². The van der Waals surface area contributed by atoms with Crippen LogP contribution in [0.3, 0.4) is 0 Å². The molecule has 2 aromatic rings. The van der Waals surface area contributed by atoms with E-state index in [1.165, 1.54) is 5.56 Å². The molecule has 0 bridgehead atoms. The number of fused-ring (bicyclic) bond motifs is 1. The van der Waals surface area contributed by atoms with Crippen LogP contribution in [0, 0.1) is 0 Å². The minimum atomic E-state index is -3.35. The molecule has 0 unspecified atom stereocenters. The van der Waals surface area contributed by atoms with Gasteiger partial charge in [-0.2, -0.15) is 0 Å². The van der Waals surface area contributed by atoms with Crippen molar-refractivity contribution in [2.45, 2.75) is 18.9 Å². The van der Waals surface area contributed by atoms with E-state index in [1.807, 2.05) is 23.6 Å². The first-order chi connectivity index (χ1) is 13.8. The molecule has 1 aliphatic rings. The second-order valence-corrected chi connectivity index (χ2v) is 10.3. The monoisotopic (exact) mass is 438 g/mol. The molecule has 3 rings (SSSR count). The standard InChI is InChI=1S/C20H26N2O5S2/c1-26-16-12-14-5-7-22(8-11-29(24,25)10-6-19(21)23)20(18-4-3-9-28-18)15(14)13-17(16)27-2/h3-4,9,12-13,20H,5-8,10-11H2,1-2H3,(H2,21,23)/t20-/m0/s1. The highest BCUT2D eigenvalue weighted by Crippen LogP contribution is 2.42. The van der Waals surface area contributed by atoms with Crippen molar-refractivity contribution in [2.75, 3.05) is 38.8 Å². The maximum atomic E-state index is 12.3. The van der Waals surface area contributed by atoms with Crippen molar-refractivity contribution in [3.05, 3.63) is 45.6 Å². The summed E-state index contributed by atoms with van der Waals surface area (Å²) in [6, 6.07) is 8.01. The fourth-order valence-electron chi connectivity index (χ4n) is 3.63. The van der Waals surface area contributed by atoms with Gasteiger partial charge in [-0.25, -0.2) is 8.42 Å². The molecule has 2 N–H and O–H groups in total. The van der Waals surface area contributed by atoms with Crippen LogP contribution in [-0.4, -0.2) is 58.0 Å². The molecular formula is C20H26N2O5S2. The Morgan fingerprint density at radius 2 is 1.97 bits per heavy atom. The third-order valence-electron chi connectivity index (χ3n) is 5.14. The van der Waals surface area contributed by atoms with E-state index in [9.17, 15) is 13.2 Å². The lowest BCUT2D eigenvalue weighted by atomic mass is 9.91. The first kappa shape index (κ1) is 21.6. The Labute approximate surface area is 175 Å². The molecule has 1 aromatic carbocycles. The van der Waals surface area contributed by atoms with Crippen LogP contribution >= 0.6 is 11.3 Å². The van der Waals surface area contributed by atoms with Crippen LogP contribution in [0.15, 0.2) is 29.6 Å². The van der Waals surface area contributed by atoms with Crippen LogP contribution < -0.4 is 15.2 Å². The number of carbonyl (C=O) groups is 1. The summed E-state index contributed by atoms with van der Waals surface area (Å²) in [5.41, 5.74) is 7.37. The summed E-state index contributed by atoms with van der Waals surface area (Å²) in [4.78, 5) is 14.3. The Morgan fingerprint density at radius 1 is 1.24 bits per heavy atom. The van der Waals surface area contributed by atoms with Crippen molar-refractivity contribution in [2.24, 2.45) is 5.73 Å². The van der Waals surface area contributed by atoms with E-state index in [0.29, 0.717) is 18.0 Å². The summed E-state index contributed by atoms with van der Waals surface area (Å²) < 4.78 is 35.6. The van der Waals surface area contributed by atoms with Crippen molar-refractivity contribution in [1.29, 1.82) is 0 Å². The average molecular weight is 439 g/mol. The number of nitrogens with two attached hydrogens (primary N) is 1. The summed E-state index contributed by atoms with van der Waals surface area (Å²) in [6.45, 7) is 1.12. The Bertz CT molecular complexity index is 958. The zero-order chi connectivity index (χ0) is 21.0. The fourth-order valence-corrected chi connectivity index (χ4v) is 5.74. The number of hydrogen-bond acceptors (Lipinski definition) is 7. The van der Waals surface area contributed by atoms with Gasteiger partial charge in [-0.1, -0.05) is 6.07 Å². The molecule has 1 aliphatic heterocycles. The second-order valence-electron chi connectivity index (χ2n) is 6.98. The molecule has 0 aliphatic carbocycles. The van der Waals surface area contributed by atoms with Crippen molar-refractivity contribution in [1.82, 2.24) is 4.90 Å². The summed E-state index contributed by atoms with van der Waals surface area (Å²) in [6.07, 6.45) is 0.648. The third kappa shape index (κ3) is 5.09. The van der Waals surface area contributed by atoms with Gasteiger partial charge < -0.3 is 15.2 Å². The normalized spacial score (nSPS) is 17.0. The lowest BCUT2D eigenvalue weighted by molar-refractivity contribution is -0.117. The van der Waals surface area contributed by atoms with E-state index in [-0.39, 0.29) is 24.0 Å². The number of rotatable bonds is 9. The van der Waals surface area contributed by atoms with E-state index >= 15 is 0 Å². The van der Waals surface area contributed by atoms with Gasteiger partial charge in [0.2, 0.25) is 5.91 Å². The Balaban J connectivity index is 1.88. The van der Waals surface area contributed by atoms with Gasteiger partial charge in [-0.3, -0.25) is 9.69 Å². The zero-order valence-electron chi connectivity index (χ0n) is 16.6. The topological polar surface area (TPSA) is 98.9 Å². The van der Waals surface area contributed by atoms with E-state index < -0.39 is 15.7 Å². The second kappa shape index (κ2) is 9.15. The number of thiophene rings is 1. The number of ether oxygens (including phenoxy) is 2. The molecule has 158 valence electrons. The molecule has 0 fully saturated rings. The summed E-state index contributed by atoms with van der Waals surface area (Å²) in [7, 11) is -0.127. The molecular weight excluding hydrogens is 412 g/mol. The van der Waals surface area contributed by atoms with Gasteiger partial charge in [0, 0.05) is 24.4 Å². The summed E-state index contributed by atoms with van der Waals surface area (Å²) in [5, 5.41) is 2.02. The van der Waals surface area contributed by atoms with Crippen molar-refractivity contribution >= 4 is 27.1 Å². The predicted octanol–water partition coefficient (Wildman–Crippen LogP) is 2.00. The Kier molecular flexibility index (Phi) is 6.81. The number of methoxy groups -OCH3 is 2. The number of nitrogens with zero attached hydrogens (tertiary/aromatic N) is 1. The van der Waals surface area contributed by atoms with Gasteiger partial charge in [-0.15, -0.1) is 11.3 Å². The molecule has 0 saturated carbocycles. The van der Waals surface area contributed by atoms with Gasteiger partial charge in [0.1, 0.15) is 0 Å². The van der Waals surface area contributed by atoms with E-state index in [4.69, 9.17) is 15.2 Å². The Morgan fingerprint density at radius 3 is 2.59 bits per heavy atom. The van der Waals surface area contributed by atoms with Crippen LogP contribution in [0.25, 0.3) is 0 Å². The van der Waals surface area contributed by atoms with Crippen molar-refractivity contribution in [3.8, 4) is 11.5 Å². The van der Waals surface area contributed by atoms with Crippen LogP contribution in [0.4, 0.5) is 0 Å². The van der Waals surface area contributed by atoms with Gasteiger partial charge >= 0.3 is 0 Å². The van der Waals surface area contributed by atoms with Crippen LogP contribution in [0.5, 0.6) is 11.5 Å². The maximum absolute atomic E-state index is 12.3. The van der Waals surface area contributed by atoms with Gasteiger partial charge in [0.15, 0.2) is 21.3 Å². The van der Waals surface area contributed by atoms with E-state index in [1.54, 1.807) is 25.6 Å². The lowest BCUT2D eigenvalue weighted by Gasteiger charge is -2.37. The lowest BCUT2D eigenvalue weighted by Crippen LogP contribution is -2.39. The molecule has 1 aromatic heterocycles. The Hall–Kier alpha value is -2.10. The number of benzene rings is 1. The minimum absolute atomic E-state index is 0.00915. The SMILES string of the molecule is COc1cc2c(cc1OC)[C@@H](c1cccs1)N(CCS(=O)(=O)CCC(N)=O)CC2. The van der Waals surface area contributed by atoms with Crippen LogP contribution in [-0.2, 0) is 21.1 Å². The number of sulfone groups is 1. The fraction of sp³-hybridized carbons (Fsp3) is 0.450. The smallest absolute Gasteiger partial charge is 0.218 e. The van der Waals surface area contributed by atoms with Crippen molar-refractivity contribution in [3.63, 3.8) is 0 Å². The highest BCUT2D eigenvalue weighted by atomic mass is 32.2. The molecule has 1 atom stereocenters. The van der Waals surface area contributed by atoms with E-state index in [2.05, 4.69) is 11.0 Å². The first-order valence-corrected chi connectivity index (χ1v) is 12.1. The zero-order valence-corrected chi connectivity index (χ0v) is 18.2. The number of primary amides is 1. The number of hydrogen-bond donors (Lipinski definition) is 1. The molecule has 9 heteroatoms. The highest BCUT2D eigenvalue weighted by molar-refractivity contribution is 7.91.